The summed E-state index contributed by atoms with van der Waals surface area (Å²) in [5.74, 6) is -1.02. The minimum Gasteiger partial charge on any atom is -0.459 e. The summed E-state index contributed by atoms with van der Waals surface area (Å²) in [4.78, 5) is 26.5. The van der Waals surface area contributed by atoms with Gasteiger partial charge in [0.2, 0.25) is 0 Å². The normalized spacial score (nSPS) is 11.9. The summed E-state index contributed by atoms with van der Waals surface area (Å²) in [5, 5.41) is 3.09. The number of ether oxygens (including phenoxy) is 1. The van der Waals surface area contributed by atoms with Crippen molar-refractivity contribution in [3.8, 4) is 22.4 Å². The Kier molecular flexibility index (Phi) is 10.3. The number of anilines is 1. The smallest absolute Gasteiger partial charge is 0.330 e. The highest BCUT2D eigenvalue weighted by molar-refractivity contribution is 6.12. The zero-order valence-electron chi connectivity index (χ0n) is 24.3. The number of hydrogen-bond donors (Lipinski definition) is 1. The number of carbonyl (C=O) groups excluding carboxylic acids is 2. The minimum absolute atomic E-state index is 0.0402. The van der Waals surface area contributed by atoms with Crippen LogP contribution in [0, 0.1) is 5.82 Å². The SMILES string of the molecule is C=CC[C@@H](CCn1c(-c2ccc(F)cc2)c(-c2ccccc2)c(C(=O)Nc2ccccc2)c1C(C)C)OC(=O)C=CC. The lowest BCUT2D eigenvalue weighted by Gasteiger charge is -2.21. The van der Waals surface area contributed by atoms with Gasteiger partial charge in [-0.25, -0.2) is 9.18 Å². The van der Waals surface area contributed by atoms with Gasteiger partial charge in [0.1, 0.15) is 11.9 Å². The number of allylic oxidation sites excluding steroid dienone is 1. The predicted molar refractivity (Wildman–Crippen MR) is 168 cm³/mol. The van der Waals surface area contributed by atoms with Gasteiger partial charge in [0.25, 0.3) is 5.91 Å². The van der Waals surface area contributed by atoms with Gasteiger partial charge in [-0.3, -0.25) is 4.79 Å². The van der Waals surface area contributed by atoms with Crippen LogP contribution in [-0.4, -0.2) is 22.5 Å². The molecule has 1 heterocycles. The molecule has 6 heteroatoms. The first kappa shape index (κ1) is 30.3. The molecule has 0 unspecified atom stereocenters. The number of benzene rings is 3. The molecule has 5 nitrogen and oxygen atoms in total. The van der Waals surface area contributed by atoms with E-state index < -0.39 is 12.1 Å². The second kappa shape index (κ2) is 14.3. The number of esters is 1. The molecule has 0 aliphatic carbocycles. The van der Waals surface area contributed by atoms with Gasteiger partial charge in [-0.2, -0.15) is 0 Å². The zero-order chi connectivity index (χ0) is 30.1. The summed E-state index contributed by atoms with van der Waals surface area (Å²) < 4.78 is 22.0. The predicted octanol–water partition coefficient (Wildman–Crippen LogP) is 8.79. The fourth-order valence-electron chi connectivity index (χ4n) is 5.23. The Hall–Kier alpha value is -4.71. The van der Waals surface area contributed by atoms with Crippen LogP contribution in [0.3, 0.4) is 0 Å². The van der Waals surface area contributed by atoms with E-state index in [1.54, 1.807) is 31.2 Å². The molecule has 0 saturated carbocycles. The summed E-state index contributed by atoms with van der Waals surface area (Å²) in [6.07, 6.45) is 5.35. The molecular weight excluding hydrogens is 527 g/mol. The van der Waals surface area contributed by atoms with Gasteiger partial charge in [-0.05, 0) is 60.4 Å². The molecule has 0 spiro atoms. The van der Waals surface area contributed by atoms with Crippen LogP contribution in [0.5, 0.6) is 0 Å². The molecule has 4 rings (SSSR count). The van der Waals surface area contributed by atoms with E-state index in [0.717, 1.165) is 28.1 Å². The Balaban J connectivity index is 1.94. The first-order chi connectivity index (χ1) is 20.3. The Morgan fingerprint density at radius 3 is 2.19 bits per heavy atom. The van der Waals surface area contributed by atoms with Crippen LogP contribution in [0.1, 0.15) is 55.6 Å². The summed E-state index contributed by atoms with van der Waals surface area (Å²) >= 11 is 0. The van der Waals surface area contributed by atoms with E-state index in [-0.39, 0.29) is 17.6 Å². The Morgan fingerprint density at radius 1 is 0.952 bits per heavy atom. The average Bonchev–Trinajstić information content (AvgIpc) is 3.33. The lowest BCUT2D eigenvalue weighted by molar-refractivity contribution is -0.143. The van der Waals surface area contributed by atoms with Gasteiger partial charge in [0, 0.05) is 42.4 Å². The first-order valence-corrected chi connectivity index (χ1v) is 14.2. The molecule has 0 fully saturated rings. The Morgan fingerprint density at radius 2 is 1.60 bits per heavy atom. The number of hydrogen-bond acceptors (Lipinski definition) is 3. The van der Waals surface area contributed by atoms with E-state index in [2.05, 4.69) is 30.3 Å². The van der Waals surface area contributed by atoms with Crippen LogP contribution in [0.4, 0.5) is 10.1 Å². The molecule has 3 aromatic carbocycles. The van der Waals surface area contributed by atoms with E-state index in [0.29, 0.717) is 30.6 Å². The van der Waals surface area contributed by atoms with Crippen LogP contribution in [0.15, 0.2) is 110 Å². The maximum Gasteiger partial charge on any atom is 0.330 e. The highest BCUT2D eigenvalue weighted by Crippen LogP contribution is 2.42. The second-order valence-corrected chi connectivity index (χ2v) is 10.4. The van der Waals surface area contributed by atoms with Crippen molar-refractivity contribution in [2.45, 2.75) is 52.2 Å². The topological polar surface area (TPSA) is 60.3 Å². The third-order valence-electron chi connectivity index (χ3n) is 6.98. The fourth-order valence-corrected chi connectivity index (χ4v) is 5.23. The molecule has 0 bridgehead atoms. The molecule has 42 heavy (non-hydrogen) atoms. The van der Waals surface area contributed by atoms with Crippen molar-refractivity contribution in [1.29, 1.82) is 0 Å². The third-order valence-corrected chi connectivity index (χ3v) is 6.98. The average molecular weight is 565 g/mol. The van der Waals surface area contributed by atoms with Crippen LogP contribution in [0.25, 0.3) is 22.4 Å². The molecule has 0 aliphatic rings. The van der Waals surface area contributed by atoms with Gasteiger partial charge < -0.3 is 14.6 Å². The van der Waals surface area contributed by atoms with Crippen molar-refractivity contribution in [2.75, 3.05) is 5.32 Å². The fraction of sp³-hybridized carbons (Fsp3) is 0.222. The monoisotopic (exact) mass is 564 g/mol. The quantitative estimate of drug-likeness (QED) is 0.106. The number of rotatable bonds is 12. The highest BCUT2D eigenvalue weighted by Gasteiger charge is 2.31. The Labute approximate surface area is 247 Å². The molecule has 1 aromatic heterocycles. The number of carbonyl (C=O) groups is 2. The van der Waals surface area contributed by atoms with E-state index in [4.69, 9.17) is 4.74 Å². The molecule has 1 amide bonds. The maximum atomic E-state index is 14.2. The molecule has 216 valence electrons. The largest absolute Gasteiger partial charge is 0.459 e. The highest BCUT2D eigenvalue weighted by atomic mass is 19.1. The molecule has 4 aromatic rings. The van der Waals surface area contributed by atoms with Gasteiger partial charge >= 0.3 is 5.97 Å². The van der Waals surface area contributed by atoms with Crippen LogP contribution >= 0.6 is 0 Å². The van der Waals surface area contributed by atoms with E-state index in [1.807, 2.05) is 60.7 Å². The summed E-state index contributed by atoms with van der Waals surface area (Å²) in [5.41, 5.74) is 5.32. The number of aromatic nitrogens is 1. The first-order valence-electron chi connectivity index (χ1n) is 14.2. The van der Waals surface area contributed by atoms with E-state index in [9.17, 15) is 14.0 Å². The summed E-state index contributed by atoms with van der Waals surface area (Å²) in [7, 11) is 0. The third kappa shape index (κ3) is 7.13. The molecule has 1 atom stereocenters. The van der Waals surface area contributed by atoms with Crippen molar-refractivity contribution >= 4 is 17.6 Å². The van der Waals surface area contributed by atoms with Gasteiger partial charge in [0.05, 0.1) is 11.3 Å². The maximum absolute atomic E-state index is 14.2. The molecule has 0 radical (unpaired) electrons. The zero-order valence-corrected chi connectivity index (χ0v) is 24.3. The molecule has 0 saturated heterocycles. The summed E-state index contributed by atoms with van der Waals surface area (Å²) in [6.45, 7) is 10.2. The second-order valence-electron chi connectivity index (χ2n) is 10.4. The minimum atomic E-state index is -0.410. The van der Waals surface area contributed by atoms with E-state index >= 15 is 0 Å². The van der Waals surface area contributed by atoms with Crippen LogP contribution in [-0.2, 0) is 16.1 Å². The van der Waals surface area contributed by atoms with Gasteiger partial charge in [-0.15, -0.1) is 6.58 Å². The van der Waals surface area contributed by atoms with Crippen molar-refractivity contribution < 1.29 is 18.7 Å². The number of amides is 1. The van der Waals surface area contributed by atoms with Crippen LogP contribution in [0.2, 0.25) is 0 Å². The molecule has 0 aliphatic heterocycles. The van der Waals surface area contributed by atoms with E-state index in [1.165, 1.54) is 18.2 Å². The van der Waals surface area contributed by atoms with Crippen molar-refractivity contribution in [3.63, 3.8) is 0 Å². The lowest BCUT2D eigenvalue weighted by atomic mass is 9.94. The van der Waals surface area contributed by atoms with Gasteiger partial charge in [-0.1, -0.05) is 74.5 Å². The van der Waals surface area contributed by atoms with Crippen LogP contribution < -0.4 is 5.32 Å². The van der Waals surface area contributed by atoms with Crippen molar-refractivity contribution in [1.82, 2.24) is 4.57 Å². The molecule has 1 N–H and O–H groups in total. The lowest BCUT2D eigenvalue weighted by Crippen LogP contribution is -2.20. The molecular formula is C36H37FN2O3. The number of para-hydroxylation sites is 1. The van der Waals surface area contributed by atoms with Gasteiger partial charge in [0.15, 0.2) is 0 Å². The summed E-state index contributed by atoms with van der Waals surface area (Å²) in [6, 6.07) is 25.5. The number of nitrogens with zero attached hydrogens (tertiary/aromatic N) is 1. The van der Waals surface area contributed by atoms with Crippen molar-refractivity contribution in [2.24, 2.45) is 0 Å². The number of nitrogens with one attached hydrogen (secondary N) is 1. The number of halogens is 1. The van der Waals surface area contributed by atoms with Crippen molar-refractivity contribution in [3.05, 3.63) is 127 Å². The standard InChI is InChI=1S/C36H37FN2O3/c1-5-13-30(42-31(40)14-6-2)23-24-39-34(25(3)4)33(36(41)38-29-17-11-8-12-18-29)32(26-15-9-7-10-16-26)35(39)27-19-21-28(37)22-20-27/h5-12,14-22,25,30H,1,13,23-24H2,2-4H3,(H,38,41)/t30-/m0/s1. The Bertz CT molecular complexity index is 1540.